The van der Waals surface area contributed by atoms with Crippen LogP contribution in [0.25, 0.3) is 0 Å². The van der Waals surface area contributed by atoms with E-state index in [1.54, 1.807) is 0 Å². The lowest BCUT2D eigenvalue weighted by molar-refractivity contribution is 0.0855. The Hall–Kier alpha value is -0.430. The van der Waals surface area contributed by atoms with Crippen LogP contribution in [0.2, 0.25) is 0 Å². The van der Waals surface area contributed by atoms with Crippen LogP contribution in [0, 0.1) is 12.8 Å². The van der Waals surface area contributed by atoms with Crippen molar-refractivity contribution < 1.29 is 4.74 Å². The molecular weight excluding hydrogens is 320 g/mol. The molecule has 0 spiro atoms. The van der Waals surface area contributed by atoms with Crippen molar-refractivity contribution in [3.05, 3.63) is 15.9 Å². The maximum atomic E-state index is 5.97. The first kappa shape index (κ1) is 14.5. The number of halogens is 1. The summed E-state index contributed by atoms with van der Waals surface area (Å²) in [7, 11) is 0. The third-order valence-corrected chi connectivity index (χ3v) is 5.78. The molecule has 0 radical (unpaired) electrons. The summed E-state index contributed by atoms with van der Waals surface area (Å²) in [5.41, 5.74) is 5.30. The SMILES string of the molecule is CCn1nc(C)c(Br)c1CC(NN)C1CC2CCC1O2. The lowest BCUT2D eigenvalue weighted by Crippen LogP contribution is -2.46. The van der Waals surface area contributed by atoms with E-state index in [1.165, 1.54) is 18.5 Å². The van der Waals surface area contributed by atoms with Crippen LogP contribution >= 0.6 is 15.9 Å². The quantitative estimate of drug-likeness (QED) is 0.633. The molecular formula is C14H23BrN4O. The van der Waals surface area contributed by atoms with Gasteiger partial charge in [-0.3, -0.25) is 16.0 Å². The van der Waals surface area contributed by atoms with Gasteiger partial charge in [0.1, 0.15) is 0 Å². The Bertz CT molecular complexity index is 490. The van der Waals surface area contributed by atoms with Crippen LogP contribution in [0.5, 0.6) is 0 Å². The lowest BCUT2D eigenvalue weighted by Gasteiger charge is -2.28. The standard InChI is InChI=1S/C14H23BrN4O/c1-3-19-12(14(15)8(2)18-19)7-11(17-16)10-6-9-4-5-13(10)20-9/h9-11,13,17H,3-7,16H2,1-2H3. The Balaban J connectivity index is 1.78. The molecule has 0 aromatic carbocycles. The second kappa shape index (κ2) is 5.75. The molecule has 0 amide bonds. The van der Waals surface area contributed by atoms with Crippen molar-refractivity contribution in [1.82, 2.24) is 15.2 Å². The fourth-order valence-electron chi connectivity index (χ4n) is 3.71. The van der Waals surface area contributed by atoms with Gasteiger partial charge in [0.2, 0.25) is 0 Å². The number of hydrazine groups is 1. The zero-order chi connectivity index (χ0) is 14.3. The highest BCUT2D eigenvalue weighted by Gasteiger charge is 2.44. The summed E-state index contributed by atoms with van der Waals surface area (Å²) in [6.45, 7) is 5.03. The number of nitrogens with one attached hydrogen (secondary N) is 1. The lowest BCUT2D eigenvalue weighted by atomic mass is 9.82. The van der Waals surface area contributed by atoms with Gasteiger partial charge in [0, 0.05) is 24.9 Å². The van der Waals surface area contributed by atoms with Crippen LogP contribution in [0.1, 0.15) is 37.6 Å². The molecule has 6 heteroatoms. The topological polar surface area (TPSA) is 65.1 Å². The highest BCUT2D eigenvalue weighted by atomic mass is 79.9. The van der Waals surface area contributed by atoms with Crippen molar-refractivity contribution in [3.63, 3.8) is 0 Å². The third kappa shape index (κ3) is 2.43. The van der Waals surface area contributed by atoms with E-state index in [9.17, 15) is 0 Å². The van der Waals surface area contributed by atoms with Gasteiger partial charge in [-0.2, -0.15) is 5.10 Å². The van der Waals surface area contributed by atoms with Crippen LogP contribution in [0.15, 0.2) is 4.47 Å². The van der Waals surface area contributed by atoms with Crippen LogP contribution in [-0.2, 0) is 17.7 Å². The average Bonchev–Trinajstić information content (AvgIpc) is 3.13. The Morgan fingerprint density at radius 3 is 2.90 bits per heavy atom. The molecule has 2 saturated heterocycles. The van der Waals surface area contributed by atoms with E-state index in [-0.39, 0.29) is 6.04 Å². The summed E-state index contributed by atoms with van der Waals surface area (Å²) in [5, 5.41) is 4.56. The number of rotatable bonds is 5. The molecule has 4 unspecified atom stereocenters. The van der Waals surface area contributed by atoms with Crippen LogP contribution in [-0.4, -0.2) is 28.0 Å². The average molecular weight is 343 g/mol. The predicted molar refractivity (Wildman–Crippen MR) is 81.2 cm³/mol. The number of ether oxygens (including phenoxy) is 1. The molecule has 1 aromatic rings. The normalized spacial score (nSPS) is 30.1. The second-order valence-corrected chi connectivity index (χ2v) is 6.71. The second-order valence-electron chi connectivity index (χ2n) is 5.91. The Morgan fingerprint density at radius 1 is 1.55 bits per heavy atom. The molecule has 112 valence electrons. The number of nitrogens with two attached hydrogens (primary N) is 1. The molecule has 2 aliphatic heterocycles. The van der Waals surface area contributed by atoms with Gasteiger partial charge in [0.05, 0.1) is 28.1 Å². The number of hydrogen-bond donors (Lipinski definition) is 2. The molecule has 2 fully saturated rings. The minimum atomic E-state index is 0.253. The Labute approximate surface area is 128 Å². The van der Waals surface area contributed by atoms with Gasteiger partial charge in [0.15, 0.2) is 0 Å². The fraction of sp³-hybridized carbons (Fsp3) is 0.786. The molecule has 3 N–H and O–H groups in total. The summed E-state index contributed by atoms with van der Waals surface area (Å²) in [6.07, 6.45) is 5.27. The number of hydrogen-bond acceptors (Lipinski definition) is 4. The van der Waals surface area contributed by atoms with Crippen molar-refractivity contribution >= 4 is 15.9 Å². The first-order valence-corrected chi connectivity index (χ1v) is 8.26. The van der Waals surface area contributed by atoms with Gasteiger partial charge in [-0.25, -0.2) is 0 Å². The molecule has 1 aromatic heterocycles. The van der Waals surface area contributed by atoms with E-state index in [1.807, 2.05) is 6.92 Å². The molecule has 4 atom stereocenters. The van der Waals surface area contributed by atoms with Crippen molar-refractivity contribution in [2.75, 3.05) is 0 Å². The van der Waals surface area contributed by atoms with Crippen molar-refractivity contribution in [2.24, 2.45) is 11.8 Å². The van der Waals surface area contributed by atoms with E-state index in [2.05, 4.69) is 38.1 Å². The number of aromatic nitrogens is 2. The first-order chi connectivity index (χ1) is 9.63. The van der Waals surface area contributed by atoms with E-state index < -0.39 is 0 Å². The zero-order valence-corrected chi connectivity index (χ0v) is 13.7. The fourth-order valence-corrected chi connectivity index (χ4v) is 4.15. The first-order valence-electron chi connectivity index (χ1n) is 7.47. The van der Waals surface area contributed by atoms with Crippen molar-refractivity contribution in [3.8, 4) is 0 Å². The van der Waals surface area contributed by atoms with Gasteiger partial charge in [-0.1, -0.05) is 0 Å². The van der Waals surface area contributed by atoms with Gasteiger partial charge >= 0.3 is 0 Å². The van der Waals surface area contributed by atoms with Gasteiger partial charge in [-0.15, -0.1) is 0 Å². The maximum absolute atomic E-state index is 5.97. The van der Waals surface area contributed by atoms with Gasteiger partial charge in [-0.05, 0) is 49.0 Å². The Kier molecular flexibility index (Phi) is 4.17. The van der Waals surface area contributed by atoms with E-state index in [0.29, 0.717) is 18.1 Å². The maximum Gasteiger partial charge on any atom is 0.0738 e. The molecule has 5 nitrogen and oxygen atoms in total. The molecule has 0 aliphatic carbocycles. The molecule has 0 saturated carbocycles. The van der Waals surface area contributed by atoms with Gasteiger partial charge in [0.25, 0.3) is 0 Å². The van der Waals surface area contributed by atoms with Crippen LogP contribution < -0.4 is 11.3 Å². The molecule has 2 aliphatic rings. The van der Waals surface area contributed by atoms with E-state index >= 15 is 0 Å². The van der Waals surface area contributed by atoms with E-state index in [4.69, 9.17) is 10.6 Å². The van der Waals surface area contributed by atoms with Crippen molar-refractivity contribution in [1.29, 1.82) is 0 Å². The van der Waals surface area contributed by atoms with Crippen molar-refractivity contribution in [2.45, 2.75) is 64.3 Å². The summed E-state index contributed by atoms with van der Waals surface area (Å²) < 4.78 is 9.15. The van der Waals surface area contributed by atoms with E-state index in [0.717, 1.165) is 29.6 Å². The molecule has 3 rings (SSSR count). The van der Waals surface area contributed by atoms with Gasteiger partial charge < -0.3 is 4.74 Å². The summed E-state index contributed by atoms with van der Waals surface area (Å²) in [6, 6.07) is 0.253. The molecule has 20 heavy (non-hydrogen) atoms. The minimum absolute atomic E-state index is 0.253. The number of nitrogens with zero attached hydrogens (tertiary/aromatic N) is 2. The molecule has 2 bridgehead atoms. The monoisotopic (exact) mass is 342 g/mol. The molecule has 3 heterocycles. The largest absolute Gasteiger partial charge is 0.375 e. The smallest absolute Gasteiger partial charge is 0.0738 e. The summed E-state index contributed by atoms with van der Waals surface area (Å²) >= 11 is 3.67. The minimum Gasteiger partial charge on any atom is -0.375 e. The summed E-state index contributed by atoms with van der Waals surface area (Å²) in [4.78, 5) is 0. The zero-order valence-electron chi connectivity index (χ0n) is 12.1. The third-order valence-electron chi connectivity index (χ3n) is 4.75. The number of fused-ring (bicyclic) bond motifs is 2. The highest BCUT2D eigenvalue weighted by Crippen LogP contribution is 2.41. The number of aryl methyl sites for hydroxylation is 2. The van der Waals surface area contributed by atoms with Crippen LogP contribution in [0.3, 0.4) is 0 Å². The highest BCUT2D eigenvalue weighted by molar-refractivity contribution is 9.10. The van der Waals surface area contributed by atoms with Crippen LogP contribution in [0.4, 0.5) is 0 Å². The predicted octanol–water partition coefficient (Wildman–Crippen LogP) is 1.92. The summed E-state index contributed by atoms with van der Waals surface area (Å²) in [5.74, 6) is 6.35. The Morgan fingerprint density at radius 2 is 2.35 bits per heavy atom.